The first kappa shape index (κ1) is 11.0. The van der Waals surface area contributed by atoms with E-state index in [1.54, 1.807) is 6.20 Å². The third kappa shape index (κ3) is 2.74. The first-order valence-electron chi connectivity index (χ1n) is 5.04. The van der Waals surface area contributed by atoms with Crippen molar-refractivity contribution in [3.63, 3.8) is 0 Å². The summed E-state index contributed by atoms with van der Waals surface area (Å²) in [7, 11) is 0. The number of ether oxygens (including phenoxy) is 1. The number of aryl methyl sites for hydroxylation is 1. The van der Waals surface area contributed by atoms with E-state index < -0.39 is 0 Å². The van der Waals surface area contributed by atoms with Gasteiger partial charge in [0.2, 0.25) is 0 Å². The van der Waals surface area contributed by atoms with Gasteiger partial charge in [0.15, 0.2) is 0 Å². The summed E-state index contributed by atoms with van der Waals surface area (Å²) >= 11 is 5.90. The third-order valence-corrected chi connectivity index (χ3v) is 2.49. The molecule has 0 atom stereocenters. The molecule has 2 nitrogen and oxygen atoms in total. The summed E-state index contributed by atoms with van der Waals surface area (Å²) in [5.74, 6) is 0.804. The van der Waals surface area contributed by atoms with Gasteiger partial charge in [-0.25, -0.2) is 0 Å². The van der Waals surface area contributed by atoms with E-state index >= 15 is 0 Å². The lowest BCUT2D eigenvalue weighted by Gasteiger charge is -2.08. The summed E-state index contributed by atoms with van der Waals surface area (Å²) in [4.78, 5) is 4.19. The van der Waals surface area contributed by atoms with E-state index in [2.05, 4.69) is 4.98 Å². The van der Waals surface area contributed by atoms with Crippen LogP contribution >= 0.6 is 11.6 Å². The quantitative estimate of drug-likeness (QED) is 0.808. The topological polar surface area (TPSA) is 22.1 Å². The predicted octanol–water partition coefficient (Wildman–Crippen LogP) is 3.62. The van der Waals surface area contributed by atoms with E-state index in [1.807, 2.05) is 43.3 Å². The largest absolute Gasteiger partial charge is 0.487 e. The molecule has 1 aromatic carbocycles. The van der Waals surface area contributed by atoms with E-state index in [1.165, 1.54) is 0 Å². The van der Waals surface area contributed by atoms with Gasteiger partial charge in [-0.1, -0.05) is 23.7 Å². The van der Waals surface area contributed by atoms with Crippen LogP contribution in [-0.2, 0) is 6.61 Å². The van der Waals surface area contributed by atoms with Gasteiger partial charge in [-0.05, 0) is 36.8 Å². The zero-order chi connectivity index (χ0) is 11.4. The number of hydrogen-bond donors (Lipinski definition) is 0. The van der Waals surface area contributed by atoms with Gasteiger partial charge in [-0.15, -0.1) is 0 Å². The van der Waals surface area contributed by atoms with Gasteiger partial charge in [-0.2, -0.15) is 0 Å². The summed E-state index contributed by atoms with van der Waals surface area (Å²) in [5.41, 5.74) is 1.97. The molecule has 0 saturated heterocycles. The van der Waals surface area contributed by atoms with Gasteiger partial charge in [0.25, 0.3) is 0 Å². The normalized spacial score (nSPS) is 10.1. The lowest BCUT2D eigenvalue weighted by molar-refractivity contribution is 0.299. The highest BCUT2D eigenvalue weighted by atomic mass is 35.5. The van der Waals surface area contributed by atoms with E-state index in [-0.39, 0.29) is 0 Å². The predicted molar refractivity (Wildman–Crippen MR) is 64.8 cm³/mol. The molecular weight excluding hydrogens is 222 g/mol. The van der Waals surface area contributed by atoms with Gasteiger partial charge < -0.3 is 4.74 Å². The van der Waals surface area contributed by atoms with E-state index in [4.69, 9.17) is 16.3 Å². The van der Waals surface area contributed by atoms with Crippen molar-refractivity contribution >= 4 is 11.6 Å². The number of rotatable bonds is 3. The fourth-order valence-electron chi connectivity index (χ4n) is 1.36. The van der Waals surface area contributed by atoms with Crippen LogP contribution in [-0.4, -0.2) is 4.98 Å². The molecule has 0 amide bonds. The Hall–Kier alpha value is -1.54. The maximum atomic E-state index is 5.90. The number of aromatic nitrogens is 1. The Labute approximate surface area is 99.9 Å². The van der Waals surface area contributed by atoms with Gasteiger partial charge in [-0.3, -0.25) is 4.98 Å². The Kier molecular flexibility index (Phi) is 3.42. The molecular formula is C13H12ClNO. The van der Waals surface area contributed by atoms with Crippen LogP contribution in [0.15, 0.2) is 42.6 Å². The Balaban J connectivity index is 2.08. The third-order valence-electron chi connectivity index (χ3n) is 2.25. The second-order valence-electron chi connectivity index (χ2n) is 3.52. The summed E-state index contributed by atoms with van der Waals surface area (Å²) in [6.45, 7) is 2.45. The zero-order valence-electron chi connectivity index (χ0n) is 8.98. The number of benzene rings is 1. The molecule has 0 radical (unpaired) electrons. The highest BCUT2D eigenvalue weighted by Crippen LogP contribution is 2.23. The van der Waals surface area contributed by atoms with E-state index in [9.17, 15) is 0 Å². The molecule has 0 aliphatic rings. The van der Waals surface area contributed by atoms with Gasteiger partial charge in [0.1, 0.15) is 12.4 Å². The summed E-state index contributed by atoms with van der Waals surface area (Å²) in [6.07, 6.45) is 1.75. The second-order valence-corrected chi connectivity index (χ2v) is 3.96. The number of nitrogens with zero attached hydrogens (tertiary/aromatic N) is 1. The van der Waals surface area contributed by atoms with Crippen LogP contribution in [0.3, 0.4) is 0 Å². The first-order valence-corrected chi connectivity index (χ1v) is 5.42. The van der Waals surface area contributed by atoms with Gasteiger partial charge in [0.05, 0.1) is 5.69 Å². The van der Waals surface area contributed by atoms with E-state index in [0.29, 0.717) is 11.6 Å². The smallest absolute Gasteiger partial charge is 0.130 e. The van der Waals surface area contributed by atoms with Crippen molar-refractivity contribution in [2.45, 2.75) is 13.5 Å². The summed E-state index contributed by atoms with van der Waals surface area (Å²) in [6, 6.07) is 11.4. The molecule has 2 aromatic rings. The zero-order valence-corrected chi connectivity index (χ0v) is 9.74. The molecule has 0 N–H and O–H groups in total. The molecule has 0 fully saturated rings. The summed E-state index contributed by atoms with van der Waals surface area (Å²) < 4.78 is 5.66. The number of hydrogen-bond acceptors (Lipinski definition) is 2. The van der Waals surface area contributed by atoms with Crippen LogP contribution in [0.1, 0.15) is 11.3 Å². The lowest BCUT2D eigenvalue weighted by Crippen LogP contribution is -1.98. The van der Waals surface area contributed by atoms with Crippen LogP contribution in [0.4, 0.5) is 0 Å². The number of pyridine rings is 1. The van der Waals surface area contributed by atoms with Crippen molar-refractivity contribution in [3.05, 3.63) is 58.9 Å². The van der Waals surface area contributed by atoms with Crippen LogP contribution < -0.4 is 4.74 Å². The molecule has 0 aliphatic carbocycles. The maximum Gasteiger partial charge on any atom is 0.130 e. The summed E-state index contributed by atoms with van der Waals surface area (Å²) in [5, 5.41) is 0.682. The molecule has 0 saturated carbocycles. The molecule has 0 bridgehead atoms. The molecule has 2 rings (SSSR count). The molecule has 0 aliphatic heterocycles. The molecule has 0 spiro atoms. The van der Waals surface area contributed by atoms with Crippen molar-refractivity contribution in [1.82, 2.24) is 4.98 Å². The monoisotopic (exact) mass is 233 g/mol. The highest BCUT2D eigenvalue weighted by Gasteiger charge is 2.01. The molecule has 3 heteroatoms. The minimum atomic E-state index is 0.460. The Morgan fingerprint density at radius 3 is 2.88 bits per heavy atom. The average Bonchev–Trinajstić information content (AvgIpc) is 2.32. The van der Waals surface area contributed by atoms with Crippen molar-refractivity contribution < 1.29 is 4.74 Å². The van der Waals surface area contributed by atoms with Crippen LogP contribution in [0.25, 0.3) is 0 Å². The maximum absolute atomic E-state index is 5.90. The molecule has 82 valence electrons. The first-order chi connectivity index (χ1) is 7.75. The van der Waals surface area contributed by atoms with Crippen molar-refractivity contribution in [2.24, 2.45) is 0 Å². The average molecular weight is 234 g/mol. The van der Waals surface area contributed by atoms with Crippen molar-refractivity contribution in [2.75, 3.05) is 0 Å². The Morgan fingerprint density at radius 2 is 2.12 bits per heavy atom. The molecule has 1 aromatic heterocycles. The SMILES string of the molecule is Cc1ccc(Cl)cc1OCc1ccccn1. The lowest BCUT2D eigenvalue weighted by atomic mass is 10.2. The molecule has 1 heterocycles. The van der Waals surface area contributed by atoms with E-state index in [0.717, 1.165) is 17.0 Å². The fraction of sp³-hybridized carbons (Fsp3) is 0.154. The van der Waals surface area contributed by atoms with Gasteiger partial charge in [0, 0.05) is 11.2 Å². The Morgan fingerprint density at radius 1 is 1.25 bits per heavy atom. The number of halogens is 1. The van der Waals surface area contributed by atoms with Gasteiger partial charge >= 0.3 is 0 Å². The Bertz CT molecular complexity index is 471. The molecule has 16 heavy (non-hydrogen) atoms. The second kappa shape index (κ2) is 4.99. The van der Waals surface area contributed by atoms with Crippen LogP contribution in [0.2, 0.25) is 5.02 Å². The van der Waals surface area contributed by atoms with Crippen LogP contribution in [0.5, 0.6) is 5.75 Å². The highest BCUT2D eigenvalue weighted by molar-refractivity contribution is 6.30. The molecule has 0 unspecified atom stereocenters. The standard InChI is InChI=1S/C13H12ClNO/c1-10-5-6-11(14)8-13(10)16-9-12-4-2-3-7-15-12/h2-8H,9H2,1H3. The van der Waals surface area contributed by atoms with Crippen molar-refractivity contribution in [3.8, 4) is 5.75 Å². The minimum Gasteiger partial charge on any atom is -0.487 e. The minimum absolute atomic E-state index is 0.460. The van der Waals surface area contributed by atoms with Crippen LogP contribution in [0, 0.1) is 6.92 Å². The fourth-order valence-corrected chi connectivity index (χ4v) is 1.53. The van der Waals surface area contributed by atoms with Crippen molar-refractivity contribution in [1.29, 1.82) is 0 Å².